The van der Waals surface area contributed by atoms with Crippen molar-refractivity contribution in [1.82, 2.24) is 19.5 Å². The van der Waals surface area contributed by atoms with Gasteiger partial charge in [-0.3, -0.25) is 9.29 Å². The van der Waals surface area contributed by atoms with Gasteiger partial charge in [0.2, 0.25) is 0 Å². The van der Waals surface area contributed by atoms with Crippen LogP contribution >= 0.6 is 11.6 Å². The number of rotatable bonds is 6. The van der Waals surface area contributed by atoms with E-state index in [1.165, 1.54) is 18.5 Å². The van der Waals surface area contributed by atoms with Crippen LogP contribution in [0.3, 0.4) is 0 Å². The average Bonchev–Trinajstić information content (AvgIpc) is 3.25. The fourth-order valence-corrected chi connectivity index (χ4v) is 3.93. The summed E-state index contributed by atoms with van der Waals surface area (Å²) in [5.74, 6) is 1.27. The van der Waals surface area contributed by atoms with Crippen molar-refractivity contribution < 1.29 is 8.42 Å². The molecule has 10 heteroatoms. The molecule has 0 amide bonds. The summed E-state index contributed by atoms with van der Waals surface area (Å²) < 4.78 is 29.2. The number of anilines is 3. The van der Waals surface area contributed by atoms with Gasteiger partial charge >= 0.3 is 0 Å². The molecule has 0 radical (unpaired) electrons. The van der Waals surface area contributed by atoms with Crippen LogP contribution in [-0.2, 0) is 10.0 Å². The van der Waals surface area contributed by atoms with Crippen LogP contribution in [0.1, 0.15) is 0 Å². The molecule has 2 heterocycles. The fraction of sp³-hybridized carbons (Fsp3) is 0. The van der Waals surface area contributed by atoms with Gasteiger partial charge in [0.25, 0.3) is 10.0 Å². The minimum atomic E-state index is -3.72. The van der Waals surface area contributed by atoms with Crippen LogP contribution in [0.4, 0.5) is 17.2 Å². The topological polar surface area (TPSA) is 102 Å². The molecular weight excluding hydrogens is 412 g/mol. The third kappa shape index (κ3) is 4.53. The molecule has 146 valence electrons. The van der Waals surface area contributed by atoms with Crippen LogP contribution in [0.25, 0.3) is 5.82 Å². The highest BCUT2D eigenvalue weighted by Gasteiger charge is 2.14. The van der Waals surface area contributed by atoms with Gasteiger partial charge in [-0.05, 0) is 42.5 Å². The summed E-state index contributed by atoms with van der Waals surface area (Å²) in [6, 6.07) is 14.7. The number of benzene rings is 2. The van der Waals surface area contributed by atoms with Crippen LogP contribution in [0.2, 0.25) is 5.02 Å². The third-order valence-corrected chi connectivity index (χ3v) is 5.55. The van der Waals surface area contributed by atoms with Crippen LogP contribution in [0.5, 0.6) is 0 Å². The van der Waals surface area contributed by atoms with Crippen molar-refractivity contribution in [2.24, 2.45) is 0 Å². The highest BCUT2D eigenvalue weighted by molar-refractivity contribution is 7.92. The van der Waals surface area contributed by atoms with Gasteiger partial charge in [0, 0.05) is 34.9 Å². The molecule has 4 rings (SSSR count). The van der Waals surface area contributed by atoms with E-state index < -0.39 is 10.0 Å². The number of imidazole rings is 1. The first-order chi connectivity index (χ1) is 14.0. The lowest BCUT2D eigenvalue weighted by atomic mass is 10.3. The number of sulfonamides is 1. The van der Waals surface area contributed by atoms with Crippen LogP contribution < -0.4 is 10.0 Å². The molecule has 0 aliphatic heterocycles. The Labute approximate surface area is 172 Å². The Morgan fingerprint density at radius 1 is 0.966 bits per heavy atom. The van der Waals surface area contributed by atoms with Crippen molar-refractivity contribution in [3.63, 3.8) is 0 Å². The van der Waals surface area contributed by atoms with E-state index in [9.17, 15) is 8.42 Å². The van der Waals surface area contributed by atoms with Crippen LogP contribution in [0, 0.1) is 0 Å². The number of aromatic nitrogens is 4. The average molecular weight is 427 g/mol. The summed E-state index contributed by atoms with van der Waals surface area (Å²) in [6.45, 7) is 0. The van der Waals surface area contributed by atoms with Gasteiger partial charge in [-0.25, -0.2) is 23.4 Å². The molecule has 2 aromatic carbocycles. The van der Waals surface area contributed by atoms with E-state index in [1.54, 1.807) is 65.8 Å². The van der Waals surface area contributed by atoms with Crippen molar-refractivity contribution in [3.05, 3.63) is 84.7 Å². The molecule has 4 aromatic rings. The van der Waals surface area contributed by atoms with Crippen molar-refractivity contribution >= 4 is 38.8 Å². The van der Waals surface area contributed by atoms with Gasteiger partial charge in [-0.1, -0.05) is 17.7 Å². The van der Waals surface area contributed by atoms with Gasteiger partial charge < -0.3 is 5.32 Å². The zero-order valence-corrected chi connectivity index (χ0v) is 16.5. The van der Waals surface area contributed by atoms with Crippen molar-refractivity contribution in [3.8, 4) is 5.82 Å². The smallest absolute Gasteiger partial charge is 0.261 e. The minimum Gasteiger partial charge on any atom is -0.340 e. The Bertz CT molecular complexity index is 1230. The monoisotopic (exact) mass is 426 g/mol. The molecule has 2 aromatic heterocycles. The summed E-state index contributed by atoms with van der Waals surface area (Å²) in [6.07, 6.45) is 6.55. The quantitative estimate of drug-likeness (QED) is 0.485. The third-order valence-electron chi connectivity index (χ3n) is 3.94. The molecule has 0 saturated carbocycles. The highest BCUT2D eigenvalue weighted by atomic mass is 35.5. The van der Waals surface area contributed by atoms with E-state index in [0.717, 1.165) is 5.69 Å². The summed E-state index contributed by atoms with van der Waals surface area (Å²) in [5.41, 5.74) is 1.17. The lowest BCUT2D eigenvalue weighted by Gasteiger charge is -2.10. The SMILES string of the molecule is O=S(=O)(Nc1ccc(Nc2cc(-n3ccnc3)ncn2)cc1)c1cccc(Cl)c1. The largest absolute Gasteiger partial charge is 0.340 e. The molecule has 0 aliphatic rings. The molecule has 2 N–H and O–H groups in total. The molecule has 0 aliphatic carbocycles. The second kappa shape index (κ2) is 7.90. The highest BCUT2D eigenvalue weighted by Crippen LogP contribution is 2.22. The van der Waals surface area contributed by atoms with E-state index >= 15 is 0 Å². The molecule has 8 nitrogen and oxygen atoms in total. The van der Waals surface area contributed by atoms with Crippen molar-refractivity contribution in [2.75, 3.05) is 10.0 Å². The number of hydrogen-bond donors (Lipinski definition) is 2. The molecule has 0 unspecified atom stereocenters. The van der Waals surface area contributed by atoms with Gasteiger partial charge in [-0.2, -0.15) is 0 Å². The van der Waals surface area contributed by atoms with Crippen LogP contribution in [-0.4, -0.2) is 27.9 Å². The molecule has 0 atom stereocenters. The Balaban J connectivity index is 1.48. The molecule has 0 spiro atoms. The Hall–Kier alpha value is -3.43. The van der Waals surface area contributed by atoms with Gasteiger partial charge in [0.05, 0.1) is 4.90 Å². The van der Waals surface area contributed by atoms with Gasteiger partial charge in [0.15, 0.2) is 0 Å². The summed E-state index contributed by atoms with van der Waals surface area (Å²) >= 11 is 5.88. The maximum Gasteiger partial charge on any atom is 0.261 e. The Kier molecular flexibility index (Phi) is 5.15. The second-order valence-corrected chi connectivity index (χ2v) is 8.12. The fourth-order valence-electron chi connectivity index (χ4n) is 2.57. The predicted molar refractivity (Wildman–Crippen MR) is 111 cm³/mol. The Morgan fingerprint density at radius 3 is 2.48 bits per heavy atom. The van der Waals surface area contributed by atoms with E-state index in [4.69, 9.17) is 11.6 Å². The zero-order chi connectivity index (χ0) is 20.3. The van der Waals surface area contributed by atoms with Gasteiger partial charge in [-0.15, -0.1) is 0 Å². The van der Waals surface area contributed by atoms with E-state index in [0.29, 0.717) is 22.3 Å². The van der Waals surface area contributed by atoms with Crippen molar-refractivity contribution in [1.29, 1.82) is 0 Å². The maximum atomic E-state index is 12.5. The number of nitrogens with one attached hydrogen (secondary N) is 2. The molecular formula is C19H15ClN6O2S. The predicted octanol–water partition coefficient (Wildman–Crippen LogP) is 3.86. The number of halogens is 1. The standard InChI is InChI=1S/C19H15ClN6O2S/c20-14-2-1-3-17(10-14)29(27,28)25-16-6-4-15(5-7-16)24-18-11-19(23-12-22-18)26-9-8-21-13-26/h1-13,25H,(H,22,23,24). The molecule has 0 bridgehead atoms. The number of hydrogen-bond acceptors (Lipinski definition) is 6. The molecule has 0 saturated heterocycles. The minimum absolute atomic E-state index is 0.0974. The molecule has 0 fully saturated rings. The van der Waals surface area contributed by atoms with E-state index in [-0.39, 0.29) is 4.90 Å². The first-order valence-corrected chi connectivity index (χ1v) is 10.3. The summed E-state index contributed by atoms with van der Waals surface area (Å²) in [7, 11) is -3.72. The van der Waals surface area contributed by atoms with E-state index in [1.807, 2.05) is 0 Å². The summed E-state index contributed by atoms with van der Waals surface area (Å²) in [4.78, 5) is 12.5. The van der Waals surface area contributed by atoms with Crippen LogP contribution in [0.15, 0.2) is 84.5 Å². The second-order valence-electron chi connectivity index (χ2n) is 6.00. The first-order valence-electron chi connectivity index (χ1n) is 8.45. The van der Waals surface area contributed by atoms with E-state index in [2.05, 4.69) is 25.0 Å². The normalized spacial score (nSPS) is 11.2. The first kappa shape index (κ1) is 18.9. The number of nitrogens with zero attached hydrogens (tertiary/aromatic N) is 4. The summed E-state index contributed by atoms with van der Waals surface area (Å²) in [5, 5.41) is 3.51. The maximum absolute atomic E-state index is 12.5. The van der Waals surface area contributed by atoms with Crippen molar-refractivity contribution in [2.45, 2.75) is 4.90 Å². The van der Waals surface area contributed by atoms with Gasteiger partial charge in [0.1, 0.15) is 24.3 Å². The Morgan fingerprint density at radius 2 is 1.76 bits per heavy atom. The molecule has 29 heavy (non-hydrogen) atoms. The lowest BCUT2D eigenvalue weighted by molar-refractivity contribution is 0.601. The zero-order valence-electron chi connectivity index (χ0n) is 14.9. The lowest BCUT2D eigenvalue weighted by Crippen LogP contribution is -2.12.